The highest BCUT2D eigenvalue weighted by atomic mass is 15.1. The molecule has 2 aromatic rings. The smallest absolute Gasteiger partial charge is 0.0888 e. The largest absolute Gasteiger partial charge is 0.306 e. The minimum Gasteiger partial charge on any atom is -0.306 e. The summed E-state index contributed by atoms with van der Waals surface area (Å²) in [6.07, 6.45) is 6.27. The highest BCUT2D eigenvalue weighted by Gasteiger charge is 2.20. The Morgan fingerprint density at radius 1 is 1.25 bits per heavy atom. The second-order valence-electron chi connectivity index (χ2n) is 5.80. The first-order chi connectivity index (χ1) is 9.72. The summed E-state index contributed by atoms with van der Waals surface area (Å²) in [7, 11) is 2.18. The molecule has 0 radical (unpaired) electrons. The molecule has 1 fully saturated rings. The summed E-state index contributed by atoms with van der Waals surface area (Å²) >= 11 is 0. The Morgan fingerprint density at radius 2 is 2.15 bits per heavy atom. The second-order valence-corrected chi connectivity index (χ2v) is 5.80. The van der Waals surface area contributed by atoms with Gasteiger partial charge in [-0.3, -0.25) is 4.98 Å². The van der Waals surface area contributed by atoms with Crippen LogP contribution < -0.4 is 0 Å². The van der Waals surface area contributed by atoms with Gasteiger partial charge in [-0.25, -0.2) is 4.98 Å². The van der Waals surface area contributed by atoms with Crippen molar-refractivity contribution < 1.29 is 0 Å². The highest BCUT2D eigenvalue weighted by Crippen LogP contribution is 2.26. The molecule has 1 aromatic carbocycles. The van der Waals surface area contributed by atoms with Crippen LogP contribution in [0.1, 0.15) is 30.0 Å². The van der Waals surface area contributed by atoms with Gasteiger partial charge in [0.05, 0.1) is 17.6 Å². The third-order valence-corrected chi connectivity index (χ3v) is 4.01. The quantitative estimate of drug-likeness (QED) is 0.836. The van der Waals surface area contributed by atoms with Gasteiger partial charge in [0.2, 0.25) is 0 Å². The van der Waals surface area contributed by atoms with E-state index < -0.39 is 0 Å². The van der Waals surface area contributed by atoms with Crippen molar-refractivity contribution in [3.63, 3.8) is 0 Å². The van der Waals surface area contributed by atoms with Gasteiger partial charge in [-0.05, 0) is 39.4 Å². The van der Waals surface area contributed by atoms with Crippen LogP contribution in [0.5, 0.6) is 0 Å². The van der Waals surface area contributed by atoms with E-state index >= 15 is 0 Å². The van der Waals surface area contributed by atoms with Crippen molar-refractivity contribution in [1.29, 1.82) is 0 Å². The first-order valence-corrected chi connectivity index (χ1v) is 7.30. The molecule has 0 amide bonds. The average molecular weight is 267 g/mol. The molecule has 1 saturated heterocycles. The number of benzene rings is 1. The Balaban J connectivity index is 1.89. The minimum atomic E-state index is 0.519. The Hall–Kier alpha value is -1.74. The monoisotopic (exact) mass is 267 g/mol. The first kappa shape index (κ1) is 13.3. The number of aromatic nitrogens is 2. The molecule has 0 aliphatic carbocycles. The summed E-state index contributed by atoms with van der Waals surface area (Å²) in [4.78, 5) is 11.6. The van der Waals surface area contributed by atoms with Gasteiger partial charge in [0.1, 0.15) is 0 Å². The van der Waals surface area contributed by atoms with Crippen LogP contribution in [0, 0.1) is 6.92 Å². The Labute approximate surface area is 120 Å². The van der Waals surface area contributed by atoms with Crippen LogP contribution in [0.4, 0.5) is 0 Å². The van der Waals surface area contributed by atoms with Crippen LogP contribution in [-0.4, -0.2) is 35.0 Å². The molecule has 104 valence electrons. The lowest BCUT2D eigenvalue weighted by molar-refractivity contribution is 0.248. The summed E-state index contributed by atoms with van der Waals surface area (Å²) in [5.41, 5.74) is 4.53. The summed E-state index contributed by atoms with van der Waals surface area (Å²) in [6, 6.07) is 8.46. The summed E-state index contributed by atoms with van der Waals surface area (Å²) in [5, 5.41) is 0. The summed E-state index contributed by atoms with van der Waals surface area (Å²) in [6.45, 7) is 4.39. The number of piperidine rings is 1. The zero-order valence-corrected chi connectivity index (χ0v) is 12.2. The van der Waals surface area contributed by atoms with Crippen molar-refractivity contribution in [3.8, 4) is 11.3 Å². The van der Waals surface area contributed by atoms with E-state index in [1.54, 1.807) is 0 Å². The van der Waals surface area contributed by atoms with E-state index in [2.05, 4.69) is 48.1 Å². The fourth-order valence-electron chi connectivity index (χ4n) is 2.93. The van der Waals surface area contributed by atoms with Gasteiger partial charge in [0.25, 0.3) is 0 Å². The maximum atomic E-state index is 4.85. The lowest BCUT2D eigenvalue weighted by Crippen LogP contribution is -2.31. The molecule has 3 rings (SSSR count). The van der Waals surface area contributed by atoms with Crippen LogP contribution >= 0.6 is 0 Å². The van der Waals surface area contributed by atoms with Crippen molar-refractivity contribution in [2.75, 3.05) is 20.1 Å². The molecule has 2 heterocycles. The van der Waals surface area contributed by atoms with E-state index in [1.165, 1.54) is 24.9 Å². The van der Waals surface area contributed by atoms with Gasteiger partial charge in [0, 0.05) is 24.2 Å². The third-order valence-electron chi connectivity index (χ3n) is 4.01. The average Bonchev–Trinajstić information content (AvgIpc) is 2.47. The molecule has 0 unspecified atom stereocenters. The predicted molar refractivity (Wildman–Crippen MR) is 81.7 cm³/mol. The topological polar surface area (TPSA) is 29.0 Å². The van der Waals surface area contributed by atoms with Crippen LogP contribution in [0.2, 0.25) is 0 Å². The van der Waals surface area contributed by atoms with Gasteiger partial charge >= 0.3 is 0 Å². The Bertz CT molecular complexity index is 594. The maximum absolute atomic E-state index is 4.85. The first-order valence-electron chi connectivity index (χ1n) is 7.30. The molecule has 0 saturated carbocycles. The predicted octanol–water partition coefficient (Wildman–Crippen LogP) is 3.26. The van der Waals surface area contributed by atoms with Gasteiger partial charge in [0.15, 0.2) is 0 Å². The number of likely N-dealkylation sites (N-methyl/N-ethyl adjacent to an activating group) is 1. The van der Waals surface area contributed by atoms with E-state index in [-0.39, 0.29) is 0 Å². The molecule has 1 aliphatic rings. The second kappa shape index (κ2) is 5.71. The summed E-state index contributed by atoms with van der Waals surface area (Å²) in [5.74, 6) is 0.519. The SMILES string of the molecule is Cc1cccc(-c2cncc([C@@H]3CCCN(C)C3)n2)c1. The molecule has 1 aromatic heterocycles. The summed E-state index contributed by atoms with van der Waals surface area (Å²) < 4.78 is 0. The number of likely N-dealkylation sites (tertiary alicyclic amines) is 1. The molecule has 20 heavy (non-hydrogen) atoms. The van der Waals surface area contributed by atoms with Crippen molar-refractivity contribution in [3.05, 3.63) is 47.9 Å². The molecular weight excluding hydrogens is 246 g/mol. The van der Waals surface area contributed by atoms with Crippen LogP contribution in [0.3, 0.4) is 0 Å². The van der Waals surface area contributed by atoms with Gasteiger partial charge in [-0.2, -0.15) is 0 Å². The van der Waals surface area contributed by atoms with E-state index in [0.717, 1.165) is 23.5 Å². The Morgan fingerprint density at radius 3 is 2.95 bits per heavy atom. The minimum absolute atomic E-state index is 0.519. The van der Waals surface area contributed by atoms with E-state index in [1.807, 2.05) is 12.4 Å². The normalized spacial score (nSPS) is 20.0. The lowest BCUT2D eigenvalue weighted by Gasteiger charge is -2.29. The number of hydrogen-bond acceptors (Lipinski definition) is 3. The molecule has 3 heteroatoms. The Kier molecular flexibility index (Phi) is 3.79. The van der Waals surface area contributed by atoms with Crippen molar-refractivity contribution in [2.24, 2.45) is 0 Å². The van der Waals surface area contributed by atoms with Gasteiger partial charge < -0.3 is 4.90 Å². The zero-order chi connectivity index (χ0) is 13.9. The van der Waals surface area contributed by atoms with Crippen LogP contribution in [0.25, 0.3) is 11.3 Å². The molecule has 3 nitrogen and oxygen atoms in total. The number of nitrogens with zero attached hydrogens (tertiary/aromatic N) is 3. The van der Waals surface area contributed by atoms with Crippen molar-refractivity contribution in [1.82, 2.24) is 14.9 Å². The molecule has 1 atom stereocenters. The van der Waals surface area contributed by atoms with Crippen molar-refractivity contribution in [2.45, 2.75) is 25.7 Å². The standard InChI is InChI=1S/C17H21N3/c1-13-5-3-6-14(9-13)16-10-18-11-17(19-16)15-7-4-8-20(2)12-15/h3,5-6,9-11,15H,4,7-8,12H2,1-2H3/t15-/m1/s1. The number of hydrogen-bond donors (Lipinski definition) is 0. The maximum Gasteiger partial charge on any atom is 0.0888 e. The zero-order valence-electron chi connectivity index (χ0n) is 12.2. The molecule has 0 N–H and O–H groups in total. The fraction of sp³-hybridized carbons (Fsp3) is 0.412. The van der Waals surface area contributed by atoms with E-state index in [0.29, 0.717) is 5.92 Å². The third kappa shape index (κ3) is 2.88. The van der Waals surface area contributed by atoms with Crippen molar-refractivity contribution >= 4 is 0 Å². The fourth-order valence-corrected chi connectivity index (χ4v) is 2.93. The molecule has 1 aliphatic heterocycles. The molecular formula is C17H21N3. The van der Waals surface area contributed by atoms with Crippen LogP contribution in [0.15, 0.2) is 36.7 Å². The van der Waals surface area contributed by atoms with Gasteiger partial charge in [-0.15, -0.1) is 0 Å². The van der Waals surface area contributed by atoms with E-state index in [4.69, 9.17) is 4.98 Å². The van der Waals surface area contributed by atoms with Crippen LogP contribution in [-0.2, 0) is 0 Å². The molecule has 0 bridgehead atoms. The molecule has 0 spiro atoms. The highest BCUT2D eigenvalue weighted by molar-refractivity contribution is 5.59. The lowest BCUT2D eigenvalue weighted by atomic mass is 9.95. The van der Waals surface area contributed by atoms with E-state index in [9.17, 15) is 0 Å². The van der Waals surface area contributed by atoms with Gasteiger partial charge in [-0.1, -0.05) is 23.8 Å². The number of aryl methyl sites for hydroxylation is 1. The number of rotatable bonds is 2.